The Morgan fingerprint density at radius 1 is 1.06 bits per heavy atom. The third-order valence-electron chi connectivity index (χ3n) is 5.50. The number of carbonyl (C=O) groups is 1. The fourth-order valence-electron chi connectivity index (χ4n) is 3.70. The first-order valence-corrected chi connectivity index (χ1v) is 10.6. The number of rotatable bonds is 7. The number of hydrogen-bond acceptors (Lipinski definition) is 7. The van der Waals surface area contributed by atoms with Gasteiger partial charge in [0.15, 0.2) is 17.3 Å². The van der Waals surface area contributed by atoms with Crippen molar-refractivity contribution in [2.45, 2.75) is 13.1 Å². The molecule has 0 unspecified atom stereocenters. The Labute approximate surface area is 190 Å². The quantitative estimate of drug-likeness (QED) is 0.581. The highest BCUT2D eigenvalue weighted by Crippen LogP contribution is 2.27. The molecule has 10 nitrogen and oxygen atoms in total. The summed E-state index contributed by atoms with van der Waals surface area (Å²) in [5.74, 6) is 1.54. The van der Waals surface area contributed by atoms with Crippen molar-refractivity contribution in [1.29, 1.82) is 0 Å². The Balaban J connectivity index is 1.28. The fourth-order valence-corrected chi connectivity index (χ4v) is 3.70. The minimum Gasteiger partial charge on any atom is -0.493 e. The van der Waals surface area contributed by atoms with E-state index in [2.05, 4.69) is 25.7 Å². The first-order valence-electron chi connectivity index (χ1n) is 10.6. The van der Waals surface area contributed by atoms with E-state index in [0.717, 1.165) is 5.56 Å². The number of ether oxygens (including phenoxy) is 2. The van der Waals surface area contributed by atoms with Crippen LogP contribution in [0.4, 0.5) is 9.18 Å². The van der Waals surface area contributed by atoms with Crippen LogP contribution in [-0.4, -0.2) is 76.4 Å². The number of carbonyl (C=O) groups excluding carboxylic acids is 1. The summed E-state index contributed by atoms with van der Waals surface area (Å²) < 4.78 is 25.6. The van der Waals surface area contributed by atoms with Gasteiger partial charge in [-0.25, -0.2) is 9.18 Å². The second kappa shape index (κ2) is 10.3. The SMILES string of the molecule is COc1ccc(CNC(=O)N2CCN(Cc3nnnn3-c3cccc(F)c3)CC2)cc1OC. The van der Waals surface area contributed by atoms with Gasteiger partial charge in [-0.3, -0.25) is 4.90 Å². The number of halogens is 1. The number of nitrogens with zero attached hydrogens (tertiary/aromatic N) is 6. The highest BCUT2D eigenvalue weighted by molar-refractivity contribution is 5.74. The second-order valence-corrected chi connectivity index (χ2v) is 7.60. The van der Waals surface area contributed by atoms with Crippen LogP contribution in [0.15, 0.2) is 42.5 Å². The van der Waals surface area contributed by atoms with Crippen LogP contribution in [0.5, 0.6) is 11.5 Å². The van der Waals surface area contributed by atoms with Crippen LogP contribution in [0.1, 0.15) is 11.4 Å². The number of nitrogens with one attached hydrogen (secondary N) is 1. The fraction of sp³-hybridized carbons (Fsp3) is 0.364. The molecule has 0 saturated carbocycles. The van der Waals surface area contributed by atoms with E-state index in [9.17, 15) is 9.18 Å². The molecule has 2 heterocycles. The number of urea groups is 1. The Bertz CT molecular complexity index is 1100. The van der Waals surface area contributed by atoms with E-state index >= 15 is 0 Å². The van der Waals surface area contributed by atoms with Gasteiger partial charge in [-0.1, -0.05) is 12.1 Å². The Hall–Kier alpha value is -3.73. The predicted molar refractivity (Wildman–Crippen MR) is 118 cm³/mol. The Morgan fingerprint density at radius 2 is 1.85 bits per heavy atom. The summed E-state index contributed by atoms with van der Waals surface area (Å²) in [5.41, 5.74) is 1.49. The minimum absolute atomic E-state index is 0.117. The maximum atomic E-state index is 13.6. The molecule has 1 aliphatic rings. The molecule has 1 N–H and O–H groups in total. The van der Waals surface area contributed by atoms with Gasteiger partial charge in [0.1, 0.15) is 5.82 Å². The lowest BCUT2D eigenvalue weighted by molar-refractivity contribution is 0.132. The molecule has 1 aromatic heterocycles. The zero-order chi connectivity index (χ0) is 23.2. The standard InChI is InChI=1S/C22H26FN7O3/c1-32-19-7-6-16(12-20(19)33-2)14-24-22(31)29-10-8-28(9-11-29)15-21-25-26-27-30(21)18-5-3-4-17(23)13-18/h3-7,12-13H,8-11,14-15H2,1-2H3,(H,24,31). The average molecular weight is 455 g/mol. The first kappa shape index (κ1) is 22.5. The summed E-state index contributed by atoms with van der Waals surface area (Å²) in [6.07, 6.45) is 0. The zero-order valence-electron chi connectivity index (χ0n) is 18.6. The van der Waals surface area contributed by atoms with Gasteiger partial charge in [-0.2, -0.15) is 4.68 Å². The third kappa shape index (κ3) is 5.37. The molecule has 4 rings (SSSR count). The lowest BCUT2D eigenvalue weighted by atomic mass is 10.2. The number of tetrazole rings is 1. The van der Waals surface area contributed by atoms with Crippen LogP contribution < -0.4 is 14.8 Å². The van der Waals surface area contributed by atoms with Crippen molar-refractivity contribution >= 4 is 6.03 Å². The summed E-state index contributed by atoms with van der Waals surface area (Å²) in [4.78, 5) is 16.6. The molecule has 1 saturated heterocycles. The van der Waals surface area contributed by atoms with E-state index in [1.807, 2.05) is 18.2 Å². The highest BCUT2D eigenvalue weighted by atomic mass is 19.1. The molecule has 0 aliphatic carbocycles. The molecule has 3 aromatic rings. The number of aromatic nitrogens is 4. The van der Waals surface area contributed by atoms with Crippen LogP contribution >= 0.6 is 0 Å². The second-order valence-electron chi connectivity index (χ2n) is 7.60. The number of piperazine rings is 1. The van der Waals surface area contributed by atoms with E-state index in [0.29, 0.717) is 62.3 Å². The van der Waals surface area contributed by atoms with Crippen molar-refractivity contribution in [2.75, 3.05) is 40.4 Å². The molecular weight excluding hydrogens is 429 g/mol. The first-order chi connectivity index (χ1) is 16.1. The van der Waals surface area contributed by atoms with E-state index < -0.39 is 0 Å². The summed E-state index contributed by atoms with van der Waals surface area (Å²) >= 11 is 0. The number of methoxy groups -OCH3 is 2. The predicted octanol–water partition coefficient (Wildman–Crippen LogP) is 1.85. The van der Waals surface area contributed by atoms with Gasteiger partial charge in [-0.05, 0) is 46.3 Å². The van der Waals surface area contributed by atoms with Crippen LogP contribution in [-0.2, 0) is 13.1 Å². The molecule has 2 amide bonds. The topological polar surface area (TPSA) is 97.6 Å². The van der Waals surface area contributed by atoms with Gasteiger partial charge in [-0.15, -0.1) is 5.10 Å². The van der Waals surface area contributed by atoms with Crippen molar-refractivity contribution in [3.63, 3.8) is 0 Å². The maximum absolute atomic E-state index is 13.6. The lowest BCUT2D eigenvalue weighted by Gasteiger charge is -2.34. The summed E-state index contributed by atoms with van der Waals surface area (Å²) in [7, 11) is 3.16. The van der Waals surface area contributed by atoms with Gasteiger partial charge in [0.25, 0.3) is 0 Å². The van der Waals surface area contributed by atoms with Crippen LogP contribution in [0.25, 0.3) is 5.69 Å². The van der Waals surface area contributed by atoms with E-state index in [4.69, 9.17) is 9.47 Å². The highest BCUT2D eigenvalue weighted by Gasteiger charge is 2.23. The summed E-state index contributed by atoms with van der Waals surface area (Å²) in [5, 5.41) is 14.8. The molecular formula is C22H26FN7O3. The number of benzene rings is 2. The van der Waals surface area contributed by atoms with E-state index in [1.54, 1.807) is 31.3 Å². The molecule has 2 aromatic carbocycles. The molecule has 174 valence electrons. The molecule has 0 bridgehead atoms. The maximum Gasteiger partial charge on any atom is 0.317 e. The van der Waals surface area contributed by atoms with Gasteiger partial charge in [0.2, 0.25) is 0 Å². The molecule has 0 radical (unpaired) electrons. The van der Waals surface area contributed by atoms with E-state index in [-0.39, 0.29) is 11.8 Å². The largest absolute Gasteiger partial charge is 0.493 e. The van der Waals surface area contributed by atoms with Gasteiger partial charge >= 0.3 is 6.03 Å². The Morgan fingerprint density at radius 3 is 2.58 bits per heavy atom. The summed E-state index contributed by atoms with van der Waals surface area (Å²) in [6.45, 7) is 3.42. The van der Waals surface area contributed by atoms with Gasteiger partial charge < -0.3 is 19.7 Å². The monoisotopic (exact) mass is 455 g/mol. The lowest BCUT2D eigenvalue weighted by Crippen LogP contribution is -2.51. The van der Waals surface area contributed by atoms with Crippen molar-refractivity contribution < 1.29 is 18.7 Å². The van der Waals surface area contributed by atoms with Gasteiger partial charge in [0, 0.05) is 32.7 Å². The zero-order valence-corrected chi connectivity index (χ0v) is 18.6. The third-order valence-corrected chi connectivity index (χ3v) is 5.50. The Kier molecular flexibility index (Phi) is 6.98. The van der Waals surface area contributed by atoms with E-state index in [1.165, 1.54) is 16.8 Å². The van der Waals surface area contributed by atoms with Crippen molar-refractivity contribution in [1.82, 2.24) is 35.3 Å². The van der Waals surface area contributed by atoms with Crippen LogP contribution in [0, 0.1) is 5.82 Å². The average Bonchev–Trinajstić information content (AvgIpc) is 3.31. The molecule has 33 heavy (non-hydrogen) atoms. The number of hydrogen-bond donors (Lipinski definition) is 1. The van der Waals surface area contributed by atoms with Crippen molar-refractivity contribution in [3.05, 3.63) is 59.7 Å². The molecule has 1 aliphatic heterocycles. The summed E-state index contributed by atoms with van der Waals surface area (Å²) in [6, 6.07) is 11.6. The molecule has 1 fully saturated rings. The minimum atomic E-state index is -0.346. The molecule has 11 heteroatoms. The smallest absolute Gasteiger partial charge is 0.317 e. The molecule has 0 spiro atoms. The van der Waals surface area contributed by atoms with Crippen molar-refractivity contribution in [2.24, 2.45) is 0 Å². The number of amides is 2. The molecule has 0 atom stereocenters. The van der Waals surface area contributed by atoms with Crippen LogP contribution in [0.3, 0.4) is 0 Å². The van der Waals surface area contributed by atoms with Crippen molar-refractivity contribution in [3.8, 4) is 17.2 Å². The van der Waals surface area contributed by atoms with Crippen LogP contribution in [0.2, 0.25) is 0 Å². The normalized spacial score (nSPS) is 14.2. The van der Waals surface area contributed by atoms with Gasteiger partial charge in [0.05, 0.1) is 26.5 Å².